The molecule has 0 atom stereocenters. The second-order valence-corrected chi connectivity index (χ2v) is 2.97. The molecule has 62 valence electrons. The molecule has 0 spiro atoms. The highest BCUT2D eigenvalue weighted by Crippen LogP contribution is 2.15. The Labute approximate surface area is 77.6 Å². The third kappa shape index (κ3) is 1.68. The van der Waals surface area contributed by atoms with Gasteiger partial charge in [0.25, 0.3) is 5.91 Å². The van der Waals surface area contributed by atoms with Gasteiger partial charge in [0.15, 0.2) is 0 Å². The fraction of sp³-hybridized carbons (Fsp3) is 0. The van der Waals surface area contributed by atoms with Gasteiger partial charge in [0.1, 0.15) is 5.82 Å². The topological polar surface area (TPSA) is 68.3 Å². The van der Waals surface area contributed by atoms with E-state index in [0.717, 1.165) is 0 Å². The second-order valence-electron chi connectivity index (χ2n) is 2.05. The summed E-state index contributed by atoms with van der Waals surface area (Å²) in [6, 6.07) is 1.55. The lowest BCUT2D eigenvalue weighted by Gasteiger charge is -1.99. The minimum atomic E-state index is -0.471. The molecule has 0 aliphatic heterocycles. The number of pyridine rings is 1. The number of carbonyl (C=O) groups is 1. The van der Waals surface area contributed by atoms with Crippen molar-refractivity contribution in [3.05, 3.63) is 22.3 Å². The van der Waals surface area contributed by atoms with Crippen LogP contribution < -0.4 is 5.73 Å². The third-order valence-corrected chi connectivity index (χ3v) is 1.69. The van der Waals surface area contributed by atoms with Crippen LogP contribution in [-0.4, -0.2) is 17.6 Å². The summed E-state index contributed by atoms with van der Waals surface area (Å²) in [7, 11) is 0. The quantitative estimate of drug-likeness (QED) is 0.735. The van der Waals surface area contributed by atoms with E-state index in [2.05, 4.69) is 32.6 Å². The van der Waals surface area contributed by atoms with Gasteiger partial charge in [-0.2, -0.15) is 0 Å². The van der Waals surface area contributed by atoms with Crippen LogP contribution in [-0.2, 0) is 0 Å². The first-order valence-corrected chi connectivity index (χ1v) is 3.86. The van der Waals surface area contributed by atoms with E-state index in [1.54, 1.807) is 6.07 Å². The maximum atomic E-state index is 11.0. The molecular formula is C7H6BrN3O. The molecule has 0 aliphatic carbocycles. The SMILES string of the molecule is C=NC(=O)c1cc(Br)cnc1N. The smallest absolute Gasteiger partial charge is 0.280 e. The molecule has 0 bridgehead atoms. The van der Waals surface area contributed by atoms with Gasteiger partial charge in [0, 0.05) is 10.7 Å². The molecule has 0 fully saturated rings. The third-order valence-electron chi connectivity index (χ3n) is 1.26. The zero-order valence-corrected chi connectivity index (χ0v) is 7.71. The summed E-state index contributed by atoms with van der Waals surface area (Å²) < 4.78 is 0.684. The Morgan fingerprint density at radius 2 is 2.42 bits per heavy atom. The van der Waals surface area contributed by atoms with Crippen LogP contribution in [0.1, 0.15) is 10.4 Å². The highest BCUT2D eigenvalue weighted by atomic mass is 79.9. The highest BCUT2D eigenvalue weighted by Gasteiger charge is 2.08. The Bertz CT molecular complexity index is 337. The van der Waals surface area contributed by atoms with E-state index in [1.807, 2.05) is 0 Å². The first-order valence-electron chi connectivity index (χ1n) is 3.07. The molecule has 2 N–H and O–H groups in total. The molecule has 0 saturated carbocycles. The van der Waals surface area contributed by atoms with Crippen LogP contribution in [0.15, 0.2) is 21.7 Å². The molecule has 1 heterocycles. The van der Waals surface area contributed by atoms with Crippen LogP contribution >= 0.6 is 15.9 Å². The molecule has 4 nitrogen and oxygen atoms in total. The van der Waals surface area contributed by atoms with Gasteiger partial charge in [-0.25, -0.2) is 9.98 Å². The summed E-state index contributed by atoms with van der Waals surface area (Å²) in [6.45, 7) is 3.11. The minimum absolute atomic E-state index is 0.163. The number of anilines is 1. The Morgan fingerprint density at radius 1 is 1.75 bits per heavy atom. The summed E-state index contributed by atoms with van der Waals surface area (Å²) in [5, 5.41) is 0. The molecule has 1 aromatic heterocycles. The van der Waals surface area contributed by atoms with Gasteiger partial charge >= 0.3 is 0 Å². The number of halogens is 1. The Hall–Kier alpha value is -1.23. The van der Waals surface area contributed by atoms with Crippen molar-refractivity contribution >= 4 is 34.4 Å². The van der Waals surface area contributed by atoms with Gasteiger partial charge in [0.2, 0.25) is 0 Å². The summed E-state index contributed by atoms with van der Waals surface area (Å²) >= 11 is 3.16. The van der Waals surface area contributed by atoms with E-state index >= 15 is 0 Å². The van der Waals surface area contributed by atoms with Crippen molar-refractivity contribution in [2.24, 2.45) is 4.99 Å². The average Bonchev–Trinajstić information content (AvgIpc) is 2.08. The Morgan fingerprint density at radius 3 is 3.00 bits per heavy atom. The summed E-state index contributed by atoms with van der Waals surface area (Å²) in [5.74, 6) is -0.308. The molecule has 5 heteroatoms. The molecular weight excluding hydrogens is 222 g/mol. The van der Waals surface area contributed by atoms with Gasteiger partial charge in [-0.1, -0.05) is 0 Å². The lowest BCUT2D eigenvalue weighted by molar-refractivity contribution is 0.100. The van der Waals surface area contributed by atoms with Crippen molar-refractivity contribution in [1.82, 2.24) is 4.98 Å². The van der Waals surface area contributed by atoms with Crippen LogP contribution in [0.5, 0.6) is 0 Å². The lowest BCUT2D eigenvalue weighted by atomic mass is 10.2. The Kier molecular flexibility index (Phi) is 2.54. The fourth-order valence-corrected chi connectivity index (χ4v) is 1.04. The van der Waals surface area contributed by atoms with E-state index in [0.29, 0.717) is 4.47 Å². The number of aliphatic imine (C=N–C) groups is 1. The first-order chi connectivity index (χ1) is 5.65. The van der Waals surface area contributed by atoms with Crippen LogP contribution in [0.25, 0.3) is 0 Å². The van der Waals surface area contributed by atoms with Crippen molar-refractivity contribution in [2.75, 3.05) is 5.73 Å². The maximum Gasteiger partial charge on any atom is 0.280 e. The predicted octanol–water partition coefficient (Wildman–Crippen LogP) is 1.27. The van der Waals surface area contributed by atoms with E-state index in [-0.39, 0.29) is 11.4 Å². The molecule has 12 heavy (non-hydrogen) atoms. The van der Waals surface area contributed by atoms with Crippen LogP contribution in [0, 0.1) is 0 Å². The van der Waals surface area contributed by atoms with Crippen molar-refractivity contribution in [3.8, 4) is 0 Å². The van der Waals surface area contributed by atoms with Crippen LogP contribution in [0.2, 0.25) is 0 Å². The monoisotopic (exact) mass is 227 g/mol. The van der Waals surface area contributed by atoms with Crippen molar-refractivity contribution in [3.63, 3.8) is 0 Å². The summed E-state index contributed by atoms with van der Waals surface area (Å²) in [6.07, 6.45) is 1.51. The van der Waals surface area contributed by atoms with E-state index in [1.165, 1.54) is 6.20 Å². The first kappa shape index (κ1) is 8.86. The number of hydrogen-bond donors (Lipinski definition) is 1. The van der Waals surface area contributed by atoms with Gasteiger partial charge in [-0.15, -0.1) is 0 Å². The van der Waals surface area contributed by atoms with Gasteiger partial charge in [0.05, 0.1) is 5.56 Å². The largest absolute Gasteiger partial charge is 0.383 e. The standard InChI is InChI=1S/C7H6BrN3O/c1-10-7(12)5-2-4(8)3-11-6(5)9/h2-3H,1H2,(H2,9,11). The van der Waals surface area contributed by atoms with Crippen molar-refractivity contribution < 1.29 is 4.79 Å². The zero-order valence-electron chi connectivity index (χ0n) is 6.12. The molecule has 0 saturated heterocycles. The average molecular weight is 228 g/mol. The number of amides is 1. The molecule has 1 rings (SSSR count). The molecule has 0 radical (unpaired) electrons. The molecule has 0 aromatic carbocycles. The number of rotatable bonds is 1. The number of nitrogens with zero attached hydrogens (tertiary/aromatic N) is 2. The van der Waals surface area contributed by atoms with E-state index < -0.39 is 5.91 Å². The lowest BCUT2D eigenvalue weighted by Crippen LogP contribution is -2.02. The molecule has 0 unspecified atom stereocenters. The molecule has 0 aliphatic rings. The minimum Gasteiger partial charge on any atom is -0.383 e. The Balaban J connectivity index is 3.22. The number of hydrogen-bond acceptors (Lipinski definition) is 3. The van der Waals surface area contributed by atoms with Crippen LogP contribution in [0.4, 0.5) is 5.82 Å². The summed E-state index contributed by atoms with van der Waals surface area (Å²) in [4.78, 5) is 18.0. The van der Waals surface area contributed by atoms with Crippen molar-refractivity contribution in [2.45, 2.75) is 0 Å². The van der Waals surface area contributed by atoms with Gasteiger partial charge < -0.3 is 5.73 Å². The zero-order chi connectivity index (χ0) is 9.14. The molecule has 1 aromatic rings. The number of nitrogen functional groups attached to an aromatic ring is 1. The number of carbonyl (C=O) groups excluding carboxylic acids is 1. The normalized spacial score (nSPS) is 9.42. The predicted molar refractivity (Wildman–Crippen MR) is 50.2 cm³/mol. The van der Waals surface area contributed by atoms with Crippen molar-refractivity contribution in [1.29, 1.82) is 0 Å². The second kappa shape index (κ2) is 3.44. The maximum absolute atomic E-state index is 11.0. The number of nitrogens with two attached hydrogens (primary N) is 1. The van der Waals surface area contributed by atoms with Gasteiger partial charge in [-0.05, 0) is 28.7 Å². The highest BCUT2D eigenvalue weighted by molar-refractivity contribution is 9.10. The number of aromatic nitrogens is 1. The summed E-state index contributed by atoms with van der Waals surface area (Å²) in [5.41, 5.74) is 5.69. The van der Waals surface area contributed by atoms with Gasteiger partial charge in [-0.3, -0.25) is 4.79 Å². The van der Waals surface area contributed by atoms with E-state index in [4.69, 9.17) is 5.73 Å². The molecule has 1 amide bonds. The fourth-order valence-electron chi connectivity index (χ4n) is 0.706. The van der Waals surface area contributed by atoms with Crippen LogP contribution in [0.3, 0.4) is 0 Å². The van der Waals surface area contributed by atoms with E-state index in [9.17, 15) is 4.79 Å².